The lowest BCUT2D eigenvalue weighted by atomic mass is 10.1. The van der Waals surface area contributed by atoms with Crippen molar-refractivity contribution < 1.29 is 14.3 Å². The van der Waals surface area contributed by atoms with Gasteiger partial charge in [0.25, 0.3) is 5.91 Å². The predicted molar refractivity (Wildman–Crippen MR) is 112 cm³/mol. The van der Waals surface area contributed by atoms with E-state index in [0.717, 1.165) is 40.6 Å². The van der Waals surface area contributed by atoms with Crippen molar-refractivity contribution in [3.05, 3.63) is 77.0 Å². The zero-order valence-corrected chi connectivity index (χ0v) is 16.6. The molecular weight excluding hydrogens is 364 g/mol. The molecule has 148 valence electrons. The smallest absolute Gasteiger partial charge is 0.339 e. The number of aryl methyl sites for hydroxylation is 1. The van der Waals surface area contributed by atoms with Gasteiger partial charge in [-0.2, -0.15) is 0 Å². The zero-order chi connectivity index (χ0) is 20.4. The number of amides is 1. The van der Waals surface area contributed by atoms with Crippen molar-refractivity contribution >= 4 is 22.8 Å². The molecule has 1 saturated carbocycles. The largest absolute Gasteiger partial charge is 0.449 e. The maximum Gasteiger partial charge on any atom is 0.339 e. The number of esters is 1. The van der Waals surface area contributed by atoms with Gasteiger partial charge in [0.1, 0.15) is 0 Å². The van der Waals surface area contributed by atoms with E-state index < -0.39 is 12.1 Å². The van der Waals surface area contributed by atoms with Crippen LogP contribution in [0.5, 0.6) is 0 Å². The minimum absolute atomic E-state index is 0.320. The van der Waals surface area contributed by atoms with Gasteiger partial charge >= 0.3 is 5.97 Å². The van der Waals surface area contributed by atoms with Crippen molar-refractivity contribution in [2.45, 2.75) is 45.3 Å². The first-order valence-corrected chi connectivity index (χ1v) is 9.95. The van der Waals surface area contributed by atoms with Crippen LogP contribution in [0.1, 0.15) is 52.9 Å². The molecule has 1 amide bonds. The Bertz CT molecular complexity index is 1060. The van der Waals surface area contributed by atoms with Crippen LogP contribution in [0.25, 0.3) is 10.9 Å². The van der Waals surface area contributed by atoms with Gasteiger partial charge in [-0.3, -0.25) is 9.78 Å². The molecular formula is C24H24N2O3. The lowest BCUT2D eigenvalue weighted by molar-refractivity contribution is -0.129. The Morgan fingerprint density at radius 2 is 1.86 bits per heavy atom. The lowest BCUT2D eigenvalue weighted by Crippen LogP contribution is -2.35. The lowest BCUT2D eigenvalue weighted by Gasteiger charge is -2.15. The standard InChI is InChI=1S/C24H24N2O3/c1-15-7-9-17(10-8-15)14-25-23(27)16(2)29-24(28)20-13-22(18-11-12-18)26-21-6-4-3-5-19(20)21/h3-10,13,16,18H,11-12,14H2,1-2H3,(H,25,27). The van der Waals surface area contributed by atoms with E-state index >= 15 is 0 Å². The highest BCUT2D eigenvalue weighted by molar-refractivity contribution is 6.04. The summed E-state index contributed by atoms with van der Waals surface area (Å²) in [6.07, 6.45) is 1.30. The van der Waals surface area contributed by atoms with Gasteiger partial charge in [0, 0.05) is 23.5 Å². The van der Waals surface area contributed by atoms with Crippen LogP contribution in [0.4, 0.5) is 0 Å². The molecule has 0 aliphatic heterocycles. The third-order valence-electron chi connectivity index (χ3n) is 5.19. The molecule has 3 aromatic rings. The van der Waals surface area contributed by atoms with Crippen LogP contribution >= 0.6 is 0 Å². The Labute approximate surface area is 170 Å². The van der Waals surface area contributed by atoms with Crippen LogP contribution in [0.2, 0.25) is 0 Å². The molecule has 1 aliphatic rings. The first-order valence-electron chi connectivity index (χ1n) is 9.95. The van der Waals surface area contributed by atoms with Crippen molar-refractivity contribution in [1.29, 1.82) is 0 Å². The average molecular weight is 388 g/mol. The van der Waals surface area contributed by atoms with Gasteiger partial charge in [0.2, 0.25) is 0 Å². The number of aromatic nitrogens is 1. The zero-order valence-electron chi connectivity index (χ0n) is 16.6. The quantitative estimate of drug-likeness (QED) is 0.640. The summed E-state index contributed by atoms with van der Waals surface area (Å²) in [7, 11) is 0. The van der Waals surface area contributed by atoms with E-state index in [1.165, 1.54) is 0 Å². The van der Waals surface area contributed by atoms with Crippen molar-refractivity contribution in [2.24, 2.45) is 0 Å². The minimum atomic E-state index is -0.885. The van der Waals surface area contributed by atoms with E-state index in [9.17, 15) is 9.59 Å². The number of nitrogens with one attached hydrogen (secondary N) is 1. The molecule has 0 bridgehead atoms. The fourth-order valence-corrected chi connectivity index (χ4v) is 3.27. The van der Waals surface area contributed by atoms with E-state index in [1.807, 2.05) is 61.5 Å². The molecule has 1 fully saturated rings. The second-order valence-corrected chi connectivity index (χ2v) is 7.64. The highest BCUT2D eigenvalue weighted by atomic mass is 16.5. The number of rotatable bonds is 6. The SMILES string of the molecule is Cc1ccc(CNC(=O)C(C)OC(=O)c2cc(C3CC3)nc3ccccc23)cc1. The molecule has 2 aromatic carbocycles. The summed E-state index contributed by atoms with van der Waals surface area (Å²) in [5.41, 5.74) is 4.33. The Morgan fingerprint density at radius 1 is 1.14 bits per heavy atom. The van der Waals surface area contributed by atoms with E-state index in [-0.39, 0.29) is 5.91 Å². The highest BCUT2D eigenvalue weighted by Gasteiger charge is 2.28. The van der Waals surface area contributed by atoms with Gasteiger partial charge in [-0.25, -0.2) is 4.79 Å². The summed E-state index contributed by atoms with van der Waals surface area (Å²) in [6, 6.07) is 17.3. The molecule has 0 radical (unpaired) electrons. The first kappa shape index (κ1) is 19.1. The molecule has 1 atom stereocenters. The molecule has 5 nitrogen and oxygen atoms in total. The molecule has 1 N–H and O–H groups in total. The number of hydrogen-bond donors (Lipinski definition) is 1. The highest BCUT2D eigenvalue weighted by Crippen LogP contribution is 2.40. The van der Waals surface area contributed by atoms with Crippen LogP contribution in [0.3, 0.4) is 0 Å². The molecule has 29 heavy (non-hydrogen) atoms. The third kappa shape index (κ3) is 4.45. The summed E-state index contributed by atoms with van der Waals surface area (Å²) in [5.74, 6) is -0.399. The topological polar surface area (TPSA) is 68.3 Å². The van der Waals surface area contributed by atoms with E-state index in [0.29, 0.717) is 18.0 Å². The minimum Gasteiger partial charge on any atom is -0.449 e. The molecule has 0 spiro atoms. The van der Waals surface area contributed by atoms with Gasteiger partial charge in [0.15, 0.2) is 6.10 Å². The summed E-state index contributed by atoms with van der Waals surface area (Å²) < 4.78 is 5.49. The summed E-state index contributed by atoms with van der Waals surface area (Å²) in [4.78, 5) is 29.9. The van der Waals surface area contributed by atoms with Crippen LogP contribution in [-0.4, -0.2) is 23.0 Å². The van der Waals surface area contributed by atoms with E-state index in [2.05, 4.69) is 10.3 Å². The number of nitrogens with zero attached hydrogens (tertiary/aromatic N) is 1. The van der Waals surface area contributed by atoms with Crippen LogP contribution in [-0.2, 0) is 16.1 Å². The van der Waals surface area contributed by atoms with Crippen LogP contribution < -0.4 is 5.32 Å². The van der Waals surface area contributed by atoms with Crippen molar-refractivity contribution in [3.8, 4) is 0 Å². The number of para-hydroxylation sites is 1. The molecule has 1 unspecified atom stereocenters. The van der Waals surface area contributed by atoms with Gasteiger partial charge in [-0.1, -0.05) is 48.0 Å². The summed E-state index contributed by atoms with van der Waals surface area (Å²) in [5, 5.41) is 3.57. The van der Waals surface area contributed by atoms with Crippen LogP contribution in [0, 0.1) is 6.92 Å². The average Bonchev–Trinajstić information content (AvgIpc) is 3.57. The Hall–Kier alpha value is -3.21. The van der Waals surface area contributed by atoms with Gasteiger partial charge in [-0.15, -0.1) is 0 Å². The molecule has 5 heteroatoms. The van der Waals surface area contributed by atoms with Crippen molar-refractivity contribution in [2.75, 3.05) is 0 Å². The third-order valence-corrected chi connectivity index (χ3v) is 5.19. The Balaban J connectivity index is 1.45. The van der Waals surface area contributed by atoms with E-state index in [4.69, 9.17) is 4.74 Å². The van der Waals surface area contributed by atoms with Crippen molar-refractivity contribution in [3.63, 3.8) is 0 Å². The predicted octanol–water partition coefficient (Wildman–Crippen LogP) is 4.28. The molecule has 0 saturated heterocycles. The Morgan fingerprint density at radius 3 is 2.59 bits per heavy atom. The number of carbonyl (C=O) groups is 2. The fraction of sp³-hybridized carbons (Fsp3) is 0.292. The van der Waals surface area contributed by atoms with Gasteiger partial charge < -0.3 is 10.1 Å². The van der Waals surface area contributed by atoms with Crippen molar-refractivity contribution in [1.82, 2.24) is 10.3 Å². The van der Waals surface area contributed by atoms with Crippen LogP contribution in [0.15, 0.2) is 54.6 Å². The van der Waals surface area contributed by atoms with E-state index in [1.54, 1.807) is 6.92 Å². The first-order chi connectivity index (χ1) is 14.0. The summed E-state index contributed by atoms with van der Waals surface area (Å²) in [6.45, 7) is 4.00. The number of fused-ring (bicyclic) bond motifs is 1. The normalized spacial score (nSPS) is 14.4. The number of carbonyl (C=O) groups excluding carboxylic acids is 2. The number of benzene rings is 2. The van der Waals surface area contributed by atoms with Gasteiger partial charge in [0.05, 0.1) is 11.1 Å². The number of ether oxygens (including phenoxy) is 1. The number of hydrogen-bond acceptors (Lipinski definition) is 4. The molecule has 1 heterocycles. The van der Waals surface area contributed by atoms with Gasteiger partial charge in [-0.05, 0) is 44.4 Å². The number of pyridine rings is 1. The second-order valence-electron chi connectivity index (χ2n) is 7.64. The Kier molecular flexibility index (Phi) is 5.30. The summed E-state index contributed by atoms with van der Waals surface area (Å²) >= 11 is 0. The maximum atomic E-state index is 12.9. The fourth-order valence-electron chi connectivity index (χ4n) is 3.27. The molecule has 1 aliphatic carbocycles. The second kappa shape index (κ2) is 8.03. The maximum absolute atomic E-state index is 12.9. The molecule has 4 rings (SSSR count). The monoisotopic (exact) mass is 388 g/mol. The molecule has 1 aromatic heterocycles.